The Kier molecular flexibility index (Phi) is 11.8. The van der Waals surface area contributed by atoms with E-state index >= 15 is 0 Å². The van der Waals surface area contributed by atoms with Crippen LogP contribution in [0.15, 0.2) is 240 Å². The van der Waals surface area contributed by atoms with Crippen LogP contribution in [0.3, 0.4) is 0 Å². The molecule has 0 amide bonds. The SMILES string of the molecule is CC1=C(C)C(C)C([Si](c2cc(C)cc(-c3ccccc3)c2-c2ccccc2)(c2cc(C)cc(-c3ccccc3)c2-c2ccccc2)c2cc(C)cc(-c3ccccc3)c2-c2ccccc2)=C1C. The van der Waals surface area contributed by atoms with E-state index in [2.05, 4.69) is 267 Å². The van der Waals surface area contributed by atoms with Crippen LogP contribution in [0.5, 0.6) is 0 Å². The maximum Gasteiger partial charge on any atom is 0.178 e. The Morgan fingerprint density at radius 1 is 0.299 bits per heavy atom. The Morgan fingerprint density at radius 3 is 0.791 bits per heavy atom. The minimum atomic E-state index is -3.63. The molecule has 0 aliphatic heterocycles. The van der Waals surface area contributed by atoms with Crippen molar-refractivity contribution in [3.05, 3.63) is 257 Å². The first kappa shape index (κ1) is 43.6. The van der Waals surface area contributed by atoms with Gasteiger partial charge in [0.2, 0.25) is 0 Å². The summed E-state index contributed by atoms with van der Waals surface area (Å²) in [6.07, 6.45) is 0. The number of rotatable bonds is 10. The van der Waals surface area contributed by atoms with Gasteiger partial charge in [0.15, 0.2) is 8.07 Å². The number of benzene rings is 9. The summed E-state index contributed by atoms with van der Waals surface area (Å²) in [4.78, 5) is 0. The van der Waals surface area contributed by atoms with Crippen molar-refractivity contribution in [2.24, 2.45) is 5.92 Å². The molecule has 1 heteroatoms. The predicted octanol–water partition coefficient (Wildman–Crippen LogP) is 15.9. The van der Waals surface area contributed by atoms with E-state index in [9.17, 15) is 0 Å². The van der Waals surface area contributed by atoms with Gasteiger partial charge in [0.1, 0.15) is 0 Å². The number of hydrogen-bond donors (Lipinski definition) is 0. The third kappa shape index (κ3) is 7.68. The van der Waals surface area contributed by atoms with Crippen molar-refractivity contribution in [1.82, 2.24) is 0 Å². The lowest BCUT2D eigenvalue weighted by molar-refractivity contribution is 0.851. The van der Waals surface area contributed by atoms with Gasteiger partial charge < -0.3 is 0 Å². The van der Waals surface area contributed by atoms with E-state index in [1.54, 1.807) is 5.20 Å². The van der Waals surface area contributed by atoms with Crippen molar-refractivity contribution in [2.45, 2.75) is 48.5 Å². The smallest absolute Gasteiger partial charge is 0.0636 e. The average Bonchev–Trinajstić information content (AvgIpc) is 3.56. The molecule has 1 atom stereocenters. The molecule has 0 aromatic heterocycles. The zero-order valence-electron chi connectivity index (χ0n) is 39.9. The summed E-state index contributed by atoms with van der Waals surface area (Å²) >= 11 is 0. The van der Waals surface area contributed by atoms with Gasteiger partial charge >= 0.3 is 0 Å². The van der Waals surface area contributed by atoms with Crippen LogP contribution in [-0.2, 0) is 0 Å². The first-order valence-electron chi connectivity index (χ1n) is 23.8. The highest BCUT2D eigenvalue weighted by molar-refractivity contribution is 7.18. The largest absolute Gasteiger partial charge is 0.178 e. The standard InChI is InChI=1S/C66H58Si/c1-44-38-57(51-26-14-8-15-27-51)63(54-32-20-11-21-33-54)60(41-44)67(66-49(6)47(4)48(5)50(66)7,61-42-45(2)39-58(52-28-16-9-17-29-52)64(61)55-34-22-12-23-35-55)62-43-46(3)40-59(53-30-18-10-19-31-53)65(62)56-36-24-13-25-37-56/h8-43,49H,1-7H3. The fraction of sp³-hybridized carbons (Fsp3) is 0.121. The summed E-state index contributed by atoms with van der Waals surface area (Å²) < 4.78 is 0. The number of hydrogen-bond acceptors (Lipinski definition) is 0. The highest BCUT2D eigenvalue weighted by atomic mass is 28.3. The van der Waals surface area contributed by atoms with Crippen LogP contribution in [0, 0.1) is 26.7 Å². The quantitative estimate of drug-likeness (QED) is 0.0948. The van der Waals surface area contributed by atoms with Crippen molar-refractivity contribution in [2.75, 3.05) is 0 Å². The maximum atomic E-state index is 2.62. The third-order valence-corrected chi connectivity index (χ3v) is 19.8. The van der Waals surface area contributed by atoms with Gasteiger partial charge in [0.25, 0.3) is 0 Å². The van der Waals surface area contributed by atoms with Crippen molar-refractivity contribution < 1.29 is 0 Å². The molecule has 9 aromatic rings. The Balaban J connectivity index is 1.57. The van der Waals surface area contributed by atoms with E-state index in [1.165, 1.54) is 116 Å². The van der Waals surface area contributed by atoms with E-state index in [0.717, 1.165) is 0 Å². The molecule has 0 nitrogen and oxygen atoms in total. The first-order valence-corrected chi connectivity index (χ1v) is 25.8. The van der Waals surface area contributed by atoms with Gasteiger partial charge in [-0.15, -0.1) is 0 Å². The summed E-state index contributed by atoms with van der Waals surface area (Å²) in [6, 6.07) is 82.5. The molecular weight excluding hydrogens is 821 g/mol. The zero-order chi connectivity index (χ0) is 46.2. The van der Waals surface area contributed by atoms with Crippen LogP contribution in [0.4, 0.5) is 0 Å². The highest BCUT2D eigenvalue weighted by Gasteiger charge is 2.52. The molecule has 0 spiro atoms. The molecule has 326 valence electrons. The summed E-state index contributed by atoms with van der Waals surface area (Å²) in [6.45, 7) is 16.7. The van der Waals surface area contributed by atoms with Gasteiger partial charge in [-0.2, -0.15) is 0 Å². The first-order chi connectivity index (χ1) is 32.7. The van der Waals surface area contributed by atoms with Crippen LogP contribution >= 0.6 is 0 Å². The zero-order valence-corrected chi connectivity index (χ0v) is 40.9. The molecule has 0 saturated heterocycles. The van der Waals surface area contributed by atoms with Crippen molar-refractivity contribution in [3.63, 3.8) is 0 Å². The molecule has 0 heterocycles. The molecule has 1 aliphatic rings. The molecule has 0 radical (unpaired) electrons. The second-order valence-electron chi connectivity index (χ2n) is 18.7. The third-order valence-electron chi connectivity index (χ3n) is 14.5. The van der Waals surface area contributed by atoms with Crippen LogP contribution in [-0.4, -0.2) is 8.07 Å². The van der Waals surface area contributed by atoms with Crippen LogP contribution in [0.25, 0.3) is 66.8 Å². The van der Waals surface area contributed by atoms with E-state index in [-0.39, 0.29) is 5.92 Å². The Morgan fingerprint density at radius 2 is 0.552 bits per heavy atom. The molecule has 67 heavy (non-hydrogen) atoms. The average molecular weight is 879 g/mol. The normalized spacial score (nSPS) is 13.9. The minimum Gasteiger partial charge on any atom is -0.0636 e. The lowest BCUT2D eigenvalue weighted by atomic mass is 9.92. The summed E-state index contributed by atoms with van der Waals surface area (Å²) in [5, 5.41) is 5.83. The maximum absolute atomic E-state index is 3.63. The highest BCUT2D eigenvalue weighted by Crippen LogP contribution is 2.47. The van der Waals surface area contributed by atoms with Crippen molar-refractivity contribution in [1.29, 1.82) is 0 Å². The van der Waals surface area contributed by atoms with E-state index in [4.69, 9.17) is 0 Å². The fourth-order valence-corrected chi connectivity index (χ4v) is 18.0. The number of allylic oxidation sites excluding steroid dienone is 4. The van der Waals surface area contributed by atoms with Crippen LogP contribution in [0.2, 0.25) is 0 Å². The monoisotopic (exact) mass is 878 g/mol. The second kappa shape index (κ2) is 18.2. The summed E-state index contributed by atoms with van der Waals surface area (Å²) in [5.74, 6) is 0.171. The van der Waals surface area contributed by atoms with Gasteiger partial charge in [0.05, 0.1) is 0 Å². The van der Waals surface area contributed by atoms with Crippen molar-refractivity contribution >= 4 is 23.6 Å². The lowest BCUT2D eigenvalue weighted by Crippen LogP contribution is -2.71. The van der Waals surface area contributed by atoms with E-state index < -0.39 is 8.07 Å². The molecule has 10 rings (SSSR count). The van der Waals surface area contributed by atoms with E-state index in [1.807, 2.05) is 0 Å². The van der Waals surface area contributed by atoms with Gasteiger partial charge in [-0.25, -0.2) is 0 Å². The Bertz CT molecular complexity index is 2990. The summed E-state index contributed by atoms with van der Waals surface area (Å²) in [7, 11) is -3.63. The van der Waals surface area contributed by atoms with Gasteiger partial charge in [-0.3, -0.25) is 0 Å². The van der Waals surface area contributed by atoms with Gasteiger partial charge in [-0.1, -0.05) is 258 Å². The minimum absolute atomic E-state index is 0.171. The molecule has 0 N–H and O–H groups in total. The topological polar surface area (TPSA) is 0 Å². The lowest BCUT2D eigenvalue weighted by Gasteiger charge is -2.44. The fourth-order valence-electron chi connectivity index (χ4n) is 11.4. The molecule has 0 bridgehead atoms. The molecular formula is C66H58Si. The number of aryl methyl sites for hydroxylation is 3. The summed E-state index contributed by atoms with van der Waals surface area (Å²) in [5.41, 5.74) is 23.1. The molecule has 9 aromatic carbocycles. The molecule has 1 aliphatic carbocycles. The van der Waals surface area contributed by atoms with Crippen LogP contribution in [0.1, 0.15) is 44.4 Å². The van der Waals surface area contributed by atoms with Gasteiger partial charge in [-0.05, 0) is 135 Å². The van der Waals surface area contributed by atoms with Crippen LogP contribution < -0.4 is 15.6 Å². The van der Waals surface area contributed by atoms with Crippen molar-refractivity contribution in [3.8, 4) is 66.8 Å². The molecule has 0 saturated carbocycles. The molecule has 1 unspecified atom stereocenters. The van der Waals surface area contributed by atoms with E-state index in [0.29, 0.717) is 0 Å². The molecule has 0 fully saturated rings. The Hall–Kier alpha value is -7.32. The predicted molar refractivity (Wildman–Crippen MR) is 291 cm³/mol. The van der Waals surface area contributed by atoms with Gasteiger partial charge in [0, 0.05) is 0 Å². The second-order valence-corrected chi connectivity index (χ2v) is 22.4. The Labute approximate surface area is 399 Å².